The first-order valence-corrected chi connectivity index (χ1v) is 11.3. The van der Waals surface area contributed by atoms with Gasteiger partial charge in [0.2, 0.25) is 0 Å². The highest BCUT2D eigenvalue weighted by Gasteiger charge is 2.13. The van der Waals surface area contributed by atoms with E-state index in [9.17, 15) is 4.79 Å². The molecule has 0 N–H and O–H groups in total. The molecule has 0 aliphatic heterocycles. The van der Waals surface area contributed by atoms with Crippen molar-refractivity contribution in [3.63, 3.8) is 0 Å². The Kier molecular flexibility index (Phi) is 7.54. The lowest BCUT2D eigenvalue weighted by Crippen LogP contribution is -2.21. The number of hydrogen-bond donors (Lipinski definition) is 0. The summed E-state index contributed by atoms with van der Waals surface area (Å²) < 4.78 is 24.1. The molecule has 1 aromatic heterocycles. The first-order chi connectivity index (χ1) is 16.6. The zero-order valence-electron chi connectivity index (χ0n) is 19.0. The van der Waals surface area contributed by atoms with E-state index in [1.165, 1.54) is 10.9 Å². The number of ether oxygens (including phenoxy) is 4. The summed E-state index contributed by atoms with van der Waals surface area (Å²) in [6.45, 7) is 0.989. The number of benzene rings is 3. The van der Waals surface area contributed by atoms with Crippen LogP contribution < -0.4 is 24.5 Å². The van der Waals surface area contributed by atoms with Gasteiger partial charge < -0.3 is 18.9 Å². The Labute approximate surface area is 202 Å². The fourth-order valence-corrected chi connectivity index (χ4v) is 3.59. The molecule has 4 rings (SSSR count). The number of rotatable bonds is 10. The fourth-order valence-electron chi connectivity index (χ4n) is 3.41. The summed E-state index contributed by atoms with van der Waals surface area (Å²) >= 11 is 5.82. The second-order valence-corrected chi connectivity index (χ2v) is 7.90. The molecule has 0 aliphatic carbocycles. The first kappa shape index (κ1) is 23.4. The lowest BCUT2D eigenvalue weighted by molar-refractivity contribution is 0.256. The molecule has 8 heteroatoms. The standard InChI is InChI=1S/C26H25ClN2O5/c1-31-20-7-3-18(4-8-20)15-33-24-13-22-23(28-17-29(12-11-27)26(22)30)14-25(24)34-16-19-5-9-21(32-2)10-6-19/h3-10,13-14,17H,11-12,15-16H2,1-2H3. The number of halogens is 1. The zero-order chi connectivity index (χ0) is 23.9. The quantitative estimate of drug-likeness (QED) is 0.303. The van der Waals surface area contributed by atoms with Crippen molar-refractivity contribution in [3.05, 3.63) is 88.5 Å². The van der Waals surface area contributed by atoms with E-state index in [0.29, 0.717) is 48.0 Å². The molecule has 0 fully saturated rings. The van der Waals surface area contributed by atoms with Crippen molar-refractivity contribution in [1.82, 2.24) is 9.55 Å². The summed E-state index contributed by atoms with van der Waals surface area (Å²) in [5.74, 6) is 2.81. The van der Waals surface area contributed by atoms with Crippen molar-refractivity contribution in [3.8, 4) is 23.0 Å². The molecule has 0 amide bonds. The van der Waals surface area contributed by atoms with Crippen LogP contribution in [0.4, 0.5) is 0 Å². The minimum Gasteiger partial charge on any atom is -0.497 e. The van der Waals surface area contributed by atoms with Gasteiger partial charge in [0.15, 0.2) is 11.5 Å². The van der Waals surface area contributed by atoms with Crippen molar-refractivity contribution in [2.75, 3.05) is 20.1 Å². The topological polar surface area (TPSA) is 71.8 Å². The molecule has 0 saturated heterocycles. The number of aromatic nitrogens is 2. The zero-order valence-corrected chi connectivity index (χ0v) is 19.7. The maximum Gasteiger partial charge on any atom is 0.261 e. The van der Waals surface area contributed by atoms with Gasteiger partial charge in [0.1, 0.15) is 24.7 Å². The molecule has 7 nitrogen and oxygen atoms in total. The summed E-state index contributed by atoms with van der Waals surface area (Å²) in [4.78, 5) is 17.3. The smallest absolute Gasteiger partial charge is 0.261 e. The van der Waals surface area contributed by atoms with Gasteiger partial charge in [-0.3, -0.25) is 9.36 Å². The summed E-state index contributed by atoms with van der Waals surface area (Å²) in [5, 5.41) is 0.439. The lowest BCUT2D eigenvalue weighted by Gasteiger charge is -2.15. The maximum atomic E-state index is 12.9. The average molecular weight is 481 g/mol. The van der Waals surface area contributed by atoms with E-state index in [2.05, 4.69) is 4.98 Å². The third kappa shape index (κ3) is 5.43. The highest BCUT2D eigenvalue weighted by molar-refractivity contribution is 6.17. The number of methoxy groups -OCH3 is 2. The number of aryl methyl sites for hydroxylation is 1. The molecule has 0 unspecified atom stereocenters. The van der Waals surface area contributed by atoms with Crippen LogP contribution in [0.15, 0.2) is 71.8 Å². The van der Waals surface area contributed by atoms with Gasteiger partial charge >= 0.3 is 0 Å². The Morgan fingerprint density at radius 1 is 0.824 bits per heavy atom. The minimum atomic E-state index is -0.179. The summed E-state index contributed by atoms with van der Waals surface area (Å²) in [7, 11) is 3.25. The number of hydrogen-bond acceptors (Lipinski definition) is 6. The molecular weight excluding hydrogens is 456 g/mol. The van der Waals surface area contributed by atoms with Crippen LogP contribution in [0.2, 0.25) is 0 Å². The van der Waals surface area contributed by atoms with E-state index in [1.54, 1.807) is 26.4 Å². The van der Waals surface area contributed by atoms with Crippen molar-refractivity contribution >= 4 is 22.5 Å². The van der Waals surface area contributed by atoms with E-state index in [4.69, 9.17) is 30.5 Å². The lowest BCUT2D eigenvalue weighted by atomic mass is 10.2. The number of fused-ring (bicyclic) bond motifs is 1. The summed E-state index contributed by atoms with van der Waals surface area (Å²) in [5.41, 5.74) is 2.26. The predicted octanol–water partition coefficient (Wildman–Crippen LogP) is 4.81. The van der Waals surface area contributed by atoms with Gasteiger partial charge in [-0.1, -0.05) is 24.3 Å². The van der Waals surface area contributed by atoms with E-state index in [1.807, 2.05) is 48.5 Å². The highest BCUT2D eigenvalue weighted by Crippen LogP contribution is 2.32. The van der Waals surface area contributed by atoms with Crippen LogP contribution in [0.5, 0.6) is 23.0 Å². The monoisotopic (exact) mass is 480 g/mol. The Bertz CT molecular complexity index is 1300. The first-order valence-electron chi connectivity index (χ1n) is 10.7. The Balaban J connectivity index is 1.64. The third-order valence-corrected chi connectivity index (χ3v) is 5.49. The molecule has 0 radical (unpaired) electrons. The van der Waals surface area contributed by atoms with Crippen molar-refractivity contribution in [2.45, 2.75) is 19.8 Å². The van der Waals surface area contributed by atoms with Crippen LogP contribution in [-0.2, 0) is 19.8 Å². The second kappa shape index (κ2) is 10.9. The Morgan fingerprint density at radius 2 is 1.35 bits per heavy atom. The van der Waals surface area contributed by atoms with Gasteiger partial charge in [0.05, 0.1) is 31.4 Å². The molecule has 1 heterocycles. The molecule has 0 atom stereocenters. The van der Waals surface area contributed by atoms with Gasteiger partial charge in [-0.15, -0.1) is 11.6 Å². The van der Waals surface area contributed by atoms with Gasteiger partial charge in [-0.25, -0.2) is 4.98 Å². The van der Waals surface area contributed by atoms with Crippen LogP contribution in [0.1, 0.15) is 11.1 Å². The fraction of sp³-hybridized carbons (Fsp3) is 0.231. The van der Waals surface area contributed by atoms with Crippen LogP contribution in [0, 0.1) is 0 Å². The van der Waals surface area contributed by atoms with Crippen LogP contribution >= 0.6 is 11.6 Å². The molecule has 0 bridgehead atoms. The molecule has 4 aromatic rings. The molecule has 0 saturated carbocycles. The maximum absolute atomic E-state index is 12.9. The number of alkyl halides is 1. The Hall–Kier alpha value is -3.71. The van der Waals surface area contributed by atoms with Crippen LogP contribution in [0.3, 0.4) is 0 Å². The minimum absolute atomic E-state index is 0.179. The summed E-state index contributed by atoms with van der Waals surface area (Å²) in [6.07, 6.45) is 1.50. The normalized spacial score (nSPS) is 10.8. The van der Waals surface area contributed by atoms with Gasteiger partial charge in [-0.05, 0) is 41.5 Å². The van der Waals surface area contributed by atoms with Gasteiger partial charge in [0.25, 0.3) is 5.56 Å². The van der Waals surface area contributed by atoms with E-state index in [0.717, 1.165) is 22.6 Å². The molecule has 0 spiro atoms. The third-order valence-electron chi connectivity index (χ3n) is 5.32. The second-order valence-electron chi connectivity index (χ2n) is 7.52. The van der Waals surface area contributed by atoms with Gasteiger partial charge in [-0.2, -0.15) is 0 Å². The summed E-state index contributed by atoms with van der Waals surface area (Å²) in [6, 6.07) is 18.6. The molecule has 34 heavy (non-hydrogen) atoms. The molecule has 3 aromatic carbocycles. The number of nitrogens with zero attached hydrogens (tertiary/aromatic N) is 2. The van der Waals surface area contributed by atoms with Crippen LogP contribution in [-0.4, -0.2) is 29.7 Å². The van der Waals surface area contributed by atoms with Gasteiger partial charge in [0, 0.05) is 18.5 Å². The Morgan fingerprint density at radius 3 is 1.85 bits per heavy atom. The molecular formula is C26H25ClN2O5. The highest BCUT2D eigenvalue weighted by atomic mass is 35.5. The molecule has 176 valence electrons. The largest absolute Gasteiger partial charge is 0.497 e. The van der Waals surface area contributed by atoms with Crippen molar-refractivity contribution in [2.24, 2.45) is 0 Å². The molecule has 0 aliphatic rings. The average Bonchev–Trinajstić information content (AvgIpc) is 2.88. The SMILES string of the molecule is COc1ccc(COc2cc3ncn(CCCl)c(=O)c3cc2OCc2ccc(OC)cc2)cc1. The van der Waals surface area contributed by atoms with Crippen molar-refractivity contribution < 1.29 is 18.9 Å². The van der Waals surface area contributed by atoms with E-state index >= 15 is 0 Å². The van der Waals surface area contributed by atoms with E-state index < -0.39 is 0 Å². The van der Waals surface area contributed by atoms with Crippen molar-refractivity contribution in [1.29, 1.82) is 0 Å². The van der Waals surface area contributed by atoms with E-state index in [-0.39, 0.29) is 5.56 Å². The van der Waals surface area contributed by atoms with Crippen LogP contribution in [0.25, 0.3) is 10.9 Å². The predicted molar refractivity (Wildman–Crippen MR) is 131 cm³/mol.